The fourth-order valence-electron chi connectivity index (χ4n) is 1.39. The van der Waals surface area contributed by atoms with Gasteiger partial charge in [-0.3, -0.25) is 9.89 Å². The van der Waals surface area contributed by atoms with E-state index in [0.717, 1.165) is 6.20 Å². The van der Waals surface area contributed by atoms with E-state index in [1.54, 1.807) is 12.1 Å². The molecule has 0 spiro atoms. The van der Waals surface area contributed by atoms with Gasteiger partial charge in [-0.2, -0.15) is 5.10 Å². The number of rotatable bonds is 3. The minimum absolute atomic E-state index is 0.0138. The number of ketones is 1. The third-order valence-electron chi connectivity index (χ3n) is 2.20. The monoisotopic (exact) mass is 234 g/mol. The van der Waals surface area contributed by atoms with Crippen molar-refractivity contribution in [3.63, 3.8) is 0 Å². The second-order valence-electron chi connectivity index (χ2n) is 3.25. The second-order valence-corrected chi connectivity index (χ2v) is 3.25. The van der Waals surface area contributed by atoms with Crippen LogP contribution in [0.1, 0.15) is 16.1 Å². The molecule has 0 atom stereocenters. The number of carbonyl (C=O) groups is 1. The summed E-state index contributed by atoms with van der Waals surface area (Å²) in [6.07, 6.45) is 1.01. The van der Waals surface area contributed by atoms with Crippen molar-refractivity contribution < 1.29 is 20.0 Å². The van der Waals surface area contributed by atoms with Gasteiger partial charge in [0.25, 0.3) is 4.92 Å². The van der Waals surface area contributed by atoms with Crippen molar-refractivity contribution in [2.75, 3.05) is 0 Å². The van der Waals surface area contributed by atoms with Crippen LogP contribution in [0.25, 0.3) is 0 Å². The van der Waals surface area contributed by atoms with Gasteiger partial charge in [0, 0.05) is 0 Å². The maximum Gasteiger partial charge on any atom is 0.365 e. The predicted octanol–water partition coefficient (Wildman–Crippen LogP) is 1.15. The Hall–Kier alpha value is -2.70. The molecule has 0 saturated heterocycles. The summed E-state index contributed by atoms with van der Waals surface area (Å²) in [7, 11) is 0. The van der Waals surface area contributed by atoms with Crippen LogP contribution < -0.4 is 0 Å². The summed E-state index contributed by atoms with van der Waals surface area (Å²) in [5.74, 6) is -0.848. The van der Waals surface area contributed by atoms with Crippen LogP contribution in [0.3, 0.4) is 0 Å². The summed E-state index contributed by atoms with van der Waals surface area (Å²) < 4.78 is 0. The van der Waals surface area contributed by atoms with Crippen molar-refractivity contribution in [2.45, 2.75) is 0 Å². The molecule has 0 aliphatic heterocycles. The number of benzene rings is 1. The molecule has 0 saturated carbocycles. The van der Waals surface area contributed by atoms with E-state index in [1.807, 2.05) is 0 Å². The number of aromatic amines is 1. The summed E-state index contributed by atoms with van der Waals surface area (Å²) in [4.78, 5) is 22.2. The lowest BCUT2D eigenvalue weighted by atomic mass is 10.1. The van der Waals surface area contributed by atoms with Gasteiger partial charge < -0.3 is 5.11 Å². The Balaban J connectivity index is 2.48. The molecule has 0 fully saturated rings. The molecular weight excluding hydrogens is 226 g/mol. The first-order valence-corrected chi connectivity index (χ1v) is 4.63. The summed E-state index contributed by atoms with van der Waals surface area (Å²) >= 11 is 0. The third-order valence-corrected chi connectivity index (χ3v) is 2.20. The number of carbonyl (C=O) groups excluding carboxylic acids is 1. The highest BCUT2D eigenvalue weighted by atomic mass is 16.6. The van der Waals surface area contributed by atoms with Gasteiger partial charge in [-0.05, 0) is 12.1 Å². The Morgan fingerprint density at radius 1 is 1.35 bits per heavy atom. The molecule has 86 valence electrons. The zero-order valence-corrected chi connectivity index (χ0v) is 8.49. The van der Waals surface area contributed by atoms with E-state index < -0.39 is 10.7 Å². The fraction of sp³-hybridized carbons (Fsp3) is 0. The predicted molar refractivity (Wildman–Crippen MR) is 55.2 cm³/mol. The van der Waals surface area contributed by atoms with Gasteiger partial charge in [0.15, 0.2) is 5.69 Å². The van der Waals surface area contributed by atoms with Crippen molar-refractivity contribution in [3.05, 3.63) is 46.6 Å². The lowest BCUT2D eigenvalue weighted by molar-refractivity contribution is -0.729. The van der Waals surface area contributed by atoms with Crippen LogP contribution in [0.15, 0.2) is 30.5 Å². The normalized spacial score (nSPS) is 10.1. The summed E-state index contributed by atoms with van der Waals surface area (Å²) in [6, 6.07) is 5.87. The first kappa shape index (κ1) is 10.8. The molecule has 7 heteroatoms. The average Bonchev–Trinajstić information content (AvgIpc) is 2.77. The Kier molecular flexibility index (Phi) is 2.57. The Labute approximate surface area is 94.9 Å². The molecule has 2 aromatic rings. The lowest BCUT2D eigenvalue weighted by Gasteiger charge is -1.99. The quantitative estimate of drug-likeness (QED) is 0.545. The number of para-hydroxylation sites is 1. The molecule has 0 unspecified atom stereocenters. The van der Waals surface area contributed by atoms with Crippen LogP contribution in [0.5, 0.6) is 5.75 Å². The minimum atomic E-state index is -0.634. The zero-order valence-electron chi connectivity index (χ0n) is 8.49. The minimum Gasteiger partial charge on any atom is -0.507 e. The van der Waals surface area contributed by atoms with Crippen LogP contribution >= 0.6 is 0 Å². The number of phenolic OH excluding ortho intramolecular Hbond substituents is 1. The van der Waals surface area contributed by atoms with Crippen LogP contribution in [-0.4, -0.2) is 31.2 Å². The smallest absolute Gasteiger partial charge is 0.365 e. The molecule has 7 nitrogen and oxygen atoms in total. The highest BCUT2D eigenvalue weighted by Crippen LogP contribution is 2.23. The van der Waals surface area contributed by atoms with E-state index in [1.165, 1.54) is 12.1 Å². The third kappa shape index (κ3) is 1.85. The molecule has 0 radical (unpaired) electrons. The van der Waals surface area contributed by atoms with Gasteiger partial charge in [0.2, 0.25) is 5.78 Å². The van der Waals surface area contributed by atoms with Crippen molar-refractivity contribution in [1.29, 1.82) is 0 Å². The van der Waals surface area contributed by atoms with Crippen molar-refractivity contribution >= 4 is 11.5 Å². The molecule has 1 aromatic carbocycles. The number of hydrogen-bond acceptors (Lipinski definition) is 4. The van der Waals surface area contributed by atoms with Crippen molar-refractivity contribution in [2.24, 2.45) is 0 Å². The number of aromatic nitrogens is 2. The van der Waals surface area contributed by atoms with Gasteiger partial charge in [-0.25, -0.2) is 5.21 Å². The summed E-state index contributed by atoms with van der Waals surface area (Å²) in [5.41, 5.74) is -0.484. The van der Waals surface area contributed by atoms with E-state index in [0.29, 0.717) is 0 Å². The molecule has 1 heterocycles. The van der Waals surface area contributed by atoms with Gasteiger partial charge in [0.05, 0.1) is 10.5 Å². The summed E-state index contributed by atoms with van der Waals surface area (Å²) in [6.45, 7) is 0. The maximum atomic E-state index is 11.9. The summed E-state index contributed by atoms with van der Waals surface area (Å²) in [5, 5.41) is 24.1. The molecule has 0 aliphatic rings. The SMILES string of the molecule is O=C(c1ccccc1O)c1[nH]ncc1[N+](=O)O. The van der Waals surface area contributed by atoms with E-state index in [4.69, 9.17) is 5.21 Å². The molecule has 0 amide bonds. The van der Waals surface area contributed by atoms with E-state index in [9.17, 15) is 14.8 Å². The zero-order chi connectivity index (χ0) is 12.4. The van der Waals surface area contributed by atoms with Crippen LogP contribution in [0.4, 0.5) is 5.69 Å². The van der Waals surface area contributed by atoms with Crippen molar-refractivity contribution in [3.8, 4) is 5.75 Å². The van der Waals surface area contributed by atoms with Crippen molar-refractivity contribution in [1.82, 2.24) is 10.2 Å². The average molecular weight is 234 g/mol. The van der Waals surface area contributed by atoms with Gasteiger partial charge in [0.1, 0.15) is 11.9 Å². The number of H-pyrrole nitrogens is 1. The first-order valence-electron chi connectivity index (χ1n) is 4.63. The van der Waals surface area contributed by atoms with Gasteiger partial charge in [-0.1, -0.05) is 12.1 Å². The Bertz CT molecular complexity index is 591. The van der Waals surface area contributed by atoms with Crippen LogP contribution in [0, 0.1) is 4.91 Å². The second kappa shape index (κ2) is 4.05. The number of phenols is 1. The molecule has 0 bridgehead atoms. The van der Waals surface area contributed by atoms with E-state index in [-0.39, 0.29) is 22.7 Å². The molecular formula is C10H8N3O4+. The largest absolute Gasteiger partial charge is 0.507 e. The topological polar surface area (TPSA) is 106 Å². The lowest BCUT2D eigenvalue weighted by Crippen LogP contribution is -2.06. The molecule has 0 aliphatic carbocycles. The molecule has 1 aromatic heterocycles. The number of hydrogen-bond donors (Lipinski definition) is 3. The number of nitrogens with one attached hydrogen (secondary N) is 1. The fourth-order valence-corrected chi connectivity index (χ4v) is 1.39. The number of aromatic hydroxyl groups is 1. The Morgan fingerprint density at radius 3 is 2.71 bits per heavy atom. The molecule has 17 heavy (non-hydrogen) atoms. The van der Waals surface area contributed by atoms with Crippen LogP contribution in [0.2, 0.25) is 0 Å². The van der Waals surface area contributed by atoms with E-state index in [2.05, 4.69) is 10.2 Å². The highest BCUT2D eigenvalue weighted by molar-refractivity contribution is 6.11. The first-order chi connectivity index (χ1) is 8.11. The molecule has 2 rings (SSSR count). The maximum absolute atomic E-state index is 11.9. The number of nitrogens with zero attached hydrogens (tertiary/aromatic N) is 2. The van der Waals surface area contributed by atoms with Gasteiger partial charge >= 0.3 is 5.69 Å². The standard InChI is InChI=1S/C10H7N3O4/c14-8-4-2-1-3-6(8)10(15)9-7(13(16)17)5-11-12-9/h1-5H,(H2-,11,12,14,15,16,17)/p+1. The Morgan fingerprint density at radius 2 is 2.06 bits per heavy atom. The van der Waals surface area contributed by atoms with E-state index >= 15 is 0 Å². The van der Waals surface area contributed by atoms with Crippen LogP contribution in [-0.2, 0) is 0 Å². The van der Waals surface area contributed by atoms with Gasteiger partial charge in [-0.15, -0.1) is 0 Å². The highest BCUT2D eigenvalue weighted by Gasteiger charge is 2.28. The molecule has 3 N–H and O–H groups in total.